The van der Waals surface area contributed by atoms with Crippen LogP contribution in [0.3, 0.4) is 0 Å². The molecule has 0 aliphatic rings. The summed E-state index contributed by atoms with van der Waals surface area (Å²) in [5, 5.41) is 4.97. The molecular weight excluding hydrogens is 402 g/mol. The van der Waals surface area contributed by atoms with Gasteiger partial charge in [-0.2, -0.15) is 9.50 Å². The Kier molecular flexibility index (Phi) is 4.46. The Hall–Kier alpha value is -3.28. The van der Waals surface area contributed by atoms with Crippen molar-refractivity contribution in [2.45, 2.75) is 0 Å². The first-order valence-electron chi connectivity index (χ1n) is 9.00. The SMILES string of the molecule is O=c1/c(=C/c2ccc(-c3ccccc3)cc2)sc2nc(-c3cccc(Cl)c3)nn12. The van der Waals surface area contributed by atoms with Crippen molar-refractivity contribution < 1.29 is 0 Å². The molecule has 140 valence electrons. The summed E-state index contributed by atoms with van der Waals surface area (Å²) >= 11 is 7.37. The molecule has 5 aromatic rings. The molecule has 2 aromatic heterocycles. The van der Waals surface area contributed by atoms with Gasteiger partial charge in [-0.05, 0) is 34.9 Å². The predicted octanol–water partition coefficient (Wildman–Crippen LogP) is 4.69. The highest BCUT2D eigenvalue weighted by atomic mass is 35.5. The van der Waals surface area contributed by atoms with E-state index in [1.165, 1.54) is 15.9 Å². The smallest absolute Gasteiger partial charge is 0.266 e. The lowest BCUT2D eigenvalue weighted by Crippen LogP contribution is -2.23. The van der Waals surface area contributed by atoms with E-state index in [4.69, 9.17) is 11.6 Å². The number of aromatic nitrogens is 3. The van der Waals surface area contributed by atoms with Gasteiger partial charge in [0.25, 0.3) is 5.56 Å². The minimum Gasteiger partial charge on any atom is -0.266 e. The number of hydrogen-bond acceptors (Lipinski definition) is 4. The molecule has 3 aromatic carbocycles. The zero-order valence-electron chi connectivity index (χ0n) is 15.1. The number of fused-ring (bicyclic) bond motifs is 1. The summed E-state index contributed by atoms with van der Waals surface area (Å²) in [5.74, 6) is 0.495. The van der Waals surface area contributed by atoms with Gasteiger partial charge in [-0.25, -0.2) is 0 Å². The molecule has 29 heavy (non-hydrogen) atoms. The topological polar surface area (TPSA) is 47.3 Å². The molecular formula is C23H14ClN3OS. The highest BCUT2D eigenvalue weighted by Crippen LogP contribution is 2.21. The summed E-state index contributed by atoms with van der Waals surface area (Å²) in [5.41, 5.74) is 3.88. The third-order valence-electron chi connectivity index (χ3n) is 4.58. The average Bonchev–Trinajstić information content (AvgIpc) is 3.29. The fourth-order valence-electron chi connectivity index (χ4n) is 3.14. The fraction of sp³-hybridized carbons (Fsp3) is 0. The molecule has 0 N–H and O–H groups in total. The van der Waals surface area contributed by atoms with Crippen LogP contribution in [0.1, 0.15) is 5.56 Å². The van der Waals surface area contributed by atoms with Crippen LogP contribution in [-0.4, -0.2) is 14.6 Å². The fourth-order valence-corrected chi connectivity index (χ4v) is 4.24. The summed E-state index contributed by atoms with van der Waals surface area (Å²) in [6.07, 6.45) is 1.87. The Balaban J connectivity index is 1.50. The molecule has 0 aliphatic carbocycles. The minimum absolute atomic E-state index is 0.169. The maximum Gasteiger partial charge on any atom is 0.291 e. The van der Waals surface area contributed by atoms with Gasteiger partial charge in [-0.15, -0.1) is 5.10 Å². The van der Waals surface area contributed by atoms with Crippen LogP contribution < -0.4 is 10.1 Å². The minimum atomic E-state index is -0.169. The van der Waals surface area contributed by atoms with Gasteiger partial charge in [-0.1, -0.05) is 89.7 Å². The number of benzene rings is 3. The number of rotatable bonds is 3. The van der Waals surface area contributed by atoms with E-state index in [9.17, 15) is 4.79 Å². The molecule has 5 rings (SSSR count). The zero-order chi connectivity index (χ0) is 19.8. The normalized spacial score (nSPS) is 12.0. The number of hydrogen-bond donors (Lipinski definition) is 0. The van der Waals surface area contributed by atoms with Crippen molar-refractivity contribution in [1.82, 2.24) is 14.6 Å². The lowest BCUT2D eigenvalue weighted by molar-refractivity contribution is 0.937. The second-order valence-electron chi connectivity index (χ2n) is 6.54. The molecule has 0 aliphatic heterocycles. The molecule has 0 saturated carbocycles. The number of thiazole rings is 1. The Labute approximate surface area is 175 Å². The molecule has 0 atom stereocenters. The monoisotopic (exact) mass is 415 g/mol. The lowest BCUT2D eigenvalue weighted by atomic mass is 10.0. The van der Waals surface area contributed by atoms with E-state index in [1.807, 2.05) is 48.5 Å². The summed E-state index contributed by atoms with van der Waals surface area (Å²) in [6.45, 7) is 0. The van der Waals surface area contributed by atoms with E-state index >= 15 is 0 Å². The van der Waals surface area contributed by atoms with Crippen molar-refractivity contribution >= 4 is 34.0 Å². The largest absolute Gasteiger partial charge is 0.291 e. The first-order valence-corrected chi connectivity index (χ1v) is 10.2. The van der Waals surface area contributed by atoms with E-state index < -0.39 is 0 Å². The van der Waals surface area contributed by atoms with Gasteiger partial charge in [0.2, 0.25) is 4.96 Å². The quantitative estimate of drug-likeness (QED) is 0.429. The van der Waals surface area contributed by atoms with E-state index in [1.54, 1.807) is 12.1 Å². The van der Waals surface area contributed by atoms with Gasteiger partial charge in [0.15, 0.2) is 5.82 Å². The predicted molar refractivity (Wildman–Crippen MR) is 118 cm³/mol. The van der Waals surface area contributed by atoms with Crippen molar-refractivity contribution in [1.29, 1.82) is 0 Å². The average molecular weight is 416 g/mol. The van der Waals surface area contributed by atoms with E-state index in [2.05, 4.69) is 34.3 Å². The molecule has 0 bridgehead atoms. The molecule has 0 spiro atoms. The summed E-state index contributed by atoms with van der Waals surface area (Å²) in [6, 6.07) is 25.6. The van der Waals surface area contributed by atoms with Gasteiger partial charge < -0.3 is 0 Å². The molecule has 2 heterocycles. The molecule has 0 fully saturated rings. The second-order valence-corrected chi connectivity index (χ2v) is 7.99. The Bertz CT molecular complexity index is 1420. The van der Waals surface area contributed by atoms with Gasteiger partial charge in [0.05, 0.1) is 4.53 Å². The highest BCUT2D eigenvalue weighted by molar-refractivity contribution is 7.15. The Morgan fingerprint density at radius 1 is 0.862 bits per heavy atom. The molecule has 4 nitrogen and oxygen atoms in total. The first kappa shape index (κ1) is 17.8. The lowest BCUT2D eigenvalue weighted by Gasteiger charge is -2.01. The second kappa shape index (κ2) is 7.28. The molecule has 0 radical (unpaired) electrons. The summed E-state index contributed by atoms with van der Waals surface area (Å²) < 4.78 is 1.95. The van der Waals surface area contributed by atoms with Crippen molar-refractivity contribution in [3.05, 3.63) is 104 Å². The van der Waals surface area contributed by atoms with Crippen LogP contribution >= 0.6 is 22.9 Å². The van der Waals surface area contributed by atoms with E-state index in [0.717, 1.165) is 22.3 Å². The first-order chi connectivity index (χ1) is 14.2. The maximum absolute atomic E-state index is 12.7. The van der Waals surface area contributed by atoms with Crippen LogP contribution in [0.25, 0.3) is 33.6 Å². The highest BCUT2D eigenvalue weighted by Gasteiger charge is 2.12. The maximum atomic E-state index is 12.7. The van der Waals surface area contributed by atoms with Crippen molar-refractivity contribution in [2.24, 2.45) is 0 Å². The number of halogens is 1. The van der Waals surface area contributed by atoms with Crippen LogP contribution in [-0.2, 0) is 0 Å². The van der Waals surface area contributed by atoms with Gasteiger partial charge in [-0.3, -0.25) is 4.79 Å². The van der Waals surface area contributed by atoms with Crippen LogP contribution in [0.2, 0.25) is 5.02 Å². The van der Waals surface area contributed by atoms with Crippen LogP contribution in [0.15, 0.2) is 83.7 Å². The molecule has 0 amide bonds. The van der Waals surface area contributed by atoms with Crippen molar-refractivity contribution in [3.63, 3.8) is 0 Å². The van der Waals surface area contributed by atoms with E-state index in [-0.39, 0.29) is 5.56 Å². The Morgan fingerprint density at radius 3 is 2.31 bits per heavy atom. The molecule has 0 unspecified atom stereocenters. The van der Waals surface area contributed by atoms with Crippen LogP contribution in [0.4, 0.5) is 0 Å². The molecule has 0 saturated heterocycles. The van der Waals surface area contributed by atoms with Gasteiger partial charge in [0.1, 0.15) is 0 Å². The summed E-state index contributed by atoms with van der Waals surface area (Å²) in [4.78, 5) is 17.8. The summed E-state index contributed by atoms with van der Waals surface area (Å²) in [7, 11) is 0. The number of nitrogens with zero attached hydrogens (tertiary/aromatic N) is 3. The van der Waals surface area contributed by atoms with Gasteiger partial charge in [0, 0.05) is 10.6 Å². The third kappa shape index (κ3) is 3.46. The van der Waals surface area contributed by atoms with E-state index in [0.29, 0.717) is 20.3 Å². The van der Waals surface area contributed by atoms with Crippen LogP contribution in [0.5, 0.6) is 0 Å². The van der Waals surface area contributed by atoms with Crippen LogP contribution in [0, 0.1) is 0 Å². The molecule has 6 heteroatoms. The standard InChI is InChI=1S/C23H14ClN3OS/c24-19-8-4-7-18(14-19)21-25-23-27(26-21)22(28)20(29-23)13-15-9-11-17(12-10-15)16-5-2-1-3-6-16/h1-14H/b20-13-. The Morgan fingerprint density at radius 2 is 1.59 bits per heavy atom. The van der Waals surface area contributed by atoms with Gasteiger partial charge >= 0.3 is 0 Å². The van der Waals surface area contributed by atoms with Crippen molar-refractivity contribution in [3.8, 4) is 22.5 Å². The van der Waals surface area contributed by atoms with Crippen molar-refractivity contribution in [2.75, 3.05) is 0 Å². The zero-order valence-corrected chi connectivity index (χ0v) is 16.7. The third-order valence-corrected chi connectivity index (χ3v) is 5.77.